The van der Waals surface area contributed by atoms with E-state index in [1.54, 1.807) is 6.26 Å². The van der Waals surface area contributed by atoms with Gasteiger partial charge in [-0.3, -0.25) is 14.7 Å². The van der Waals surface area contributed by atoms with Crippen molar-refractivity contribution in [2.75, 3.05) is 18.0 Å². The second-order valence-corrected chi connectivity index (χ2v) is 8.86. The van der Waals surface area contributed by atoms with E-state index < -0.39 is 17.2 Å². The summed E-state index contributed by atoms with van der Waals surface area (Å²) in [5.41, 5.74) is 5.13. The number of imide groups is 1. The molecule has 0 aliphatic carbocycles. The molecule has 1 aliphatic rings. The van der Waals surface area contributed by atoms with E-state index in [1.165, 1.54) is 11.8 Å². The molecule has 0 aromatic carbocycles. The number of hydrogen-bond acceptors (Lipinski definition) is 7. The first-order valence-corrected chi connectivity index (χ1v) is 10.7. The van der Waals surface area contributed by atoms with Crippen LogP contribution >= 0.6 is 11.8 Å². The van der Waals surface area contributed by atoms with Crippen molar-refractivity contribution >= 4 is 29.6 Å². The standard InChI is InChI=1S/C19H28N6O3S/c1-12(2)15(16(26)21-17(20)27)29-19-23-22-18(24-8-6-13(3)7-9-24)25(19)11-14-5-4-10-28-14/h4-5,10,12-13,15H,6-9,11H2,1-3H3,(H3,20,21,26,27). The van der Waals surface area contributed by atoms with Gasteiger partial charge in [0.2, 0.25) is 11.9 Å². The number of aromatic nitrogens is 3. The predicted molar refractivity (Wildman–Crippen MR) is 111 cm³/mol. The maximum atomic E-state index is 12.5. The molecule has 3 amide bonds. The Morgan fingerprint density at radius 2 is 2.07 bits per heavy atom. The SMILES string of the molecule is CC1CCN(c2nnc(SC(C(=O)NC(N)=O)C(C)C)n2Cc2ccco2)CC1. The van der Waals surface area contributed by atoms with Crippen LogP contribution in [0.15, 0.2) is 28.0 Å². The zero-order valence-electron chi connectivity index (χ0n) is 17.0. The summed E-state index contributed by atoms with van der Waals surface area (Å²) in [4.78, 5) is 25.8. The van der Waals surface area contributed by atoms with Gasteiger partial charge in [-0.1, -0.05) is 32.5 Å². The zero-order valence-corrected chi connectivity index (χ0v) is 17.8. The monoisotopic (exact) mass is 420 g/mol. The Morgan fingerprint density at radius 1 is 1.34 bits per heavy atom. The number of primary amides is 1. The van der Waals surface area contributed by atoms with Crippen molar-refractivity contribution < 1.29 is 14.0 Å². The minimum absolute atomic E-state index is 0.0348. The first-order valence-electron chi connectivity index (χ1n) is 9.82. The number of carbonyl (C=O) groups is 2. The number of carbonyl (C=O) groups excluding carboxylic acids is 2. The molecule has 3 heterocycles. The molecule has 9 nitrogen and oxygen atoms in total. The lowest BCUT2D eigenvalue weighted by atomic mass is 10.00. The van der Waals surface area contributed by atoms with E-state index >= 15 is 0 Å². The summed E-state index contributed by atoms with van der Waals surface area (Å²) in [5.74, 6) is 1.78. The van der Waals surface area contributed by atoms with Gasteiger partial charge in [-0.15, -0.1) is 10.2 Å². The third-order valence-corrected chi connectivity index (χ3v) is 6.53. The fourth-order valence-corrected chi connectivity index (χ4v) is 4.33. The molecule has 1 saturated heterocycles. The summed E-state index contributed by atoms with van der Waals surface area (Å²) >= 11 is 1.28. The third kappa shape index (κ3) is 5.31. The van der Waals surface area contributed by atoms with Crippen molar-refractivity contribution in [3.63, 3.8) is 0 Å². The van der Waals surface area contributed by atoms with E-state index in [0.717, 1.165) is 37.6 Å². The maximum absolute atomic E-state index is 12.5. The van der Waals surface area contributed by atoms with Crippen molar-refractivity contribution in [1.29, 1.82) is 0 Å². The zero-order chi connectivity index (χ0) is 21.0. The molecule has 1 fully saturated rings. The minimum Gasteiger partial charge on any atom is -0.467 e. The van der Waals surface area contributed by atoms with Crippen LogP contribution in [0.5, 0.6) is 0 Å². The molecule has 1 aliphatic heterocycles. The van der Waals surface area contributed by atoms with Gasteiger partial charge in [0.05, 0.1) is 18.1 Å². The second kappa shape index (κ2) is 9.34. The van der Waals surface area contributed by atoms with Crippen LogP contribution in [0.2, 0.25) is 0 Å². The summed E-state index contributed by atoms with van der Waals surface area (Å²) in [7, 11) is 0. The summed E-state index contributed by atoms with van der Waals surface area (Å²) in [5, 5.41) is 11.1. The Hall–Kier alpha value is -2.49. The predicted octanol–water partition coefficient (Wildman–Crippen LogP) is 2.47. The van der Waals surface area contributed by atoms with Crippen molar-refractivity contribution in [2.45, 2.75) is 50.6 Å². The first kappa shape index (κ1) is 21.2. The number of rotatable bonds is 7. The average molecular weight is 421 g/mol. The number of anilines is 1. The summed E-state index contributed by atoms with van der Waals surface area (Å²) in [6, 6.07) is 2.88. The number of nitrogens with zero attached hydrogens (tertiary/aromatic N) is 4. The van der Waals surface area contributed by atoms with Gasteiger partial charge >= 0.3 is 6.03 Å². The molecule has 3 rings (SSSR count). The minimum atomic E-state index is -0.860. The molecule has 1 atom stereocenters. The van der Waals surface area contributed by atoms with Crippen LogP contribution in [0.4, 0.5) is 10.7 Å². The van der Waals surface area contributed by atoms with Crippen molar-refractivity contribution in [2.24, 2.45) is 17.6 Å². The quantitative estimate of drug-likeness (QED) is 0.660. The smallest absolute Gasteiger partial charge is 0.318 e. The summed E-state index contributed by atoms with van der Waals surface area (Å²) < 4.78 is 7.51. The number of urea groups is 1. The first-order chi connectivity index (χ1) is 13.8. The molecule has 10 heteroatoms. The van der Waals surface area contributed by atoms with E-state index in [1.807, 2.05) is 30.5 Å². The summed E-state index contributed by atoms with van der Waals surface area (Å²) in [6.45, 7) is 8.38. The highest BCUT2D eigenvalue weighted by Gasteiger charge is 2.29. The lowest BCUT2D eigenvalue weighted by Crippen LogP contribution is -2.42. The molecule has 29 heavy (non-hydrogen) atoms. The highest BCUT2D eigenvalue weighted by Crippen LogP contribution is 2.31. The van der Waals surface area contributed by atoms with Crippen molar-refractivity contribution in [1.82, 2.24) is 20.1 Å². The van der Waals surface area contributed by atoms with Gasteiger partial charge in [-0.25, -0.2) is 4.79 Å². The fraction of sp³-hybridized carbons (Fsp3) is 0.579. The van der Waals surface area contributed by atoms with E-state index in [0.29, 0.717) is 17.6 Å². The number of piperidine rings is 1. The van der Waals surface area contributed by atoms with Crippen molar-refractivity contribution in [3.8, 4) is 0 Å². The van der Waals surface area contributed by atoms with Gasteiger partial charge in [-0.2, -0.15) is 0 Å². The molecule has 3 N–H and O–H groups in total. The topological polar surface area (TPSA) is 119 Å². The molecular formula is C19H28N6O3S. The van der Waals surface area contributed by atoms with Crippen LogP contribution < -0.4 is 16.0 Å². The highest BCUT2D eigenvalue weighted by atomic mass is 32.2. The number of furan rings is 1. The van der Waals surface area contributed by atoms with E-state index in [9.17, 15) is 9.59 Å². The molecule has 0 bridgehead atoms. The molecular weight excluding hydrogens is 392 g/mol. The number of nitrogens with two attached hydrogens (primary N) is 1. The highest BCUT2D eigenvalue weighted by molar-refractivity contribution is 8.00. The number of amides is 3. The fourth-order valence-electron chi connectivity index (χ4n) is 3.31. The van der Waals surface area contributed by atoms with E-state index in [4.69, 9.17) is 10.2 Å². The lowest BCUT2D eigenvalue weighted by molar-refractivity contribution is -0.120. The van der Waals surface area contributed by atoms with Crippen LogP contribution in [0.25, 0.3) is 0 Å². The Bertz CT molecular complexity index is 827. The molecule has 1 unspecified atom stereocenters. The van der Waals surface area contributed by atoms with Crippen LogP contribution in [-0.2, 0) is 11.3 Å². The van der Waals surface area contributed by atoms with Gasteiger partial charge in [-0.05, 0) is 36.8 Å². The average Bonchev–Trinajstić information content (AvgIpc) is 3.30. The van der Waals surface area contributed by atoms with Crippen LogP contribution in [-0.4, -0.2) is 45.0 Å². The molecule has 158 valence electrons. The maximum Gasteiger partial charge on any atom is 0.318 e. The largest absolute Gasteiger partial charge is 0.467 e. The Morgan fingerprint density at radius 3 is 2.66 bits per heavy atom. The molecule has 2 aromatic heterocycles. The van der Waals surface area contributed by atoms with E-state index in [-0.39, 0.29) is 5.92 Å². The van der Waals surface area contributed by atoms with Gasteiger partial charge in [0.25, 0.3) is 0 Å². The molecule has 0 radical (unpaired) electrons. The normalized spacial score (nSPS) is 16.2. The number of nitrogens with one attached hydrogen (secondary N) is 1. The number of thioether (sulfide) groups is 1. The molecule has 0 saturated carbocycles. The Labute approximate surface area is 174 Å². The second-order valence-electron chi connectivity index (χ2n) is 7.75. The summed E-state index contributed by atoms with van der Waals surface area (Å²) in [6.07, 6.45) is 3.84. The van der Waals surface area contributed by atoms with Gasteiger partial charge in [0.1, 0.15) is 5.76 Å². The lowest BCUT2D eigenvalue weighted by Gasteiger charge is -2.31. The molecule has 0 spiro atoms. The Kier molecular flexibility index (Phi) is 6.83. The third-order valence-electron chi connectivity index (χ3n) is 5.00. The van der Waals surface area contributed by atoms with E-state index in [2.05, 4.69) is 27.3 Å². The van der Waals surface area contributed by atoms with Gasteiger partial charge in [0.15, 0.2) is 5.16 Å². The van der Waals surface area contributed by atoms with Crippen LogP contribution in [0, 0.1) is 11.8 Å². The number of hydrogen-bond donors (Lipinski definition) is 2. The van der Waals surface area contributed by atoms with Gasteiger partial charge in [0, 0.05) is 13.1 Å². The Balaban J connectivity index is 1.88. The van der Waals surface area contributed by atoms with Crippen LogP contribution in [0.3, 0.4) is 0 Å². The van der Waals surface area contributed by atoms with Crippen LogP contribution in [0.1, 0.15) is 39.4 Å². The molecule has 2 aromatic rings. The van der Waals surface area contributed by atoms with Gasteiger partial charge < -0.3 is 15.1 Å². The van der Waals surface area contributed by atoms with Crippen molar-refractivity contribution in [3.05, 3.63) is 24.2 Å².